The lowest BCUT2D eigenvalue weighted by Gasteiger charge is -2.16. The van der Waals surface area contributed by atoms with Gasteiger partial charge in [-0.15, -0.1) is 0 Å². The van der Waals surface area contributed by atoms with Crippen LogP contribution in [0.15, 0.2) is 93.2 Å². The molecule has 5 rings (SSSR count). The van der Waals surface area contributed by atoms with Gasteiger partial charge in [-0.05, 0) is 107 Å². The molecule has 9 heteroatoms. The third-order valence-corrected chi connectivity index (χ3v) is 8.97. The van der Waals surface area contributed by atoms with E-state index < -0.39 is 0 Å². The number of aryl methyl sites for hydroxylation is 2. The van der Waals surface area contributed by atoms with Gasteiger partial charge in [-0.3, -0.25) is 9.69 Å². The molecule has 202 valence electrons. The smallest absolute Gasteiger partial charge is 0.271 e. The van der Waals surface area contributed by atoms with Gasteiger partial charge < -0.3 is 4.74 Å². The Hall–Kier alpha value is -2.74. The maximum absolute atomic E-state index is 13.7. The van der Waals surface area contributed by atoms with Gasteiger partial charge in [0.15, 0.2) is 5.17 Å². The van der Waals surface area contributed by atoms with Crippen LogP contribution in [0.2, 0.25) is 15.1 Å². The Balaban J connectivity index is 1.45. The summed E-state index contributed by atoms with van der Waals surface area (Å²) in [4.78, 5) is 20.6. The Labute approximate surface area is 260 Å². The van der Waals surface area contributed by atoms with E-state index in [2.05, 4.69) is 15.9 Å². The third-order valence-electron chi connectivity index (χ3n) is 6.19. The lowest BCUT2D eigenvalue weighted by atomic mass is 10.2. The van der Waals surface area contributed by atoms with Crippen LogP contribution in [0.4, 0.5) is 11.4 Å². The van der Waals surface area contributed by atoms with Crippen molar-refractivity contribution in [2.24, 2.45) is 4.99 Å². The number of hydrogen-bond acceptors (Lipinski definition) is 4. The molecule has 1 fully saturated rings. The van der Waals surface area contributed by atoms with Gasteiger partial charge in [0.1, 0.15) is 12.4 Å². The second-order valence-electron chi connectivity index (χ2n) is 9.08. The monoisotopic (exact) mass is 670 g/mol. The fourth-order valence-electron chi connectivity index (χ4n) is 3.91. The summed E-state index contributed by atoms with van der Waals surface area (Å²) < 4.78 is 6.73. The number of aliphatic imine (C=N–C) groups is 1. The normalized spacial score (nSPS) is 15.3. The van der Waals surface area contributed by atoms with E-state index in [-0.39, 0.29) is 5.91 Å². The molecule has 4 nitrogen and oxygen atoms in total. The zero-order chi connectivity index (χ0) is 28.4. The van der Waals surface area contributed by atoms with E-state index >= 15 is 0 Å². The number of carbonyl (C=O) groups is 1. The minimum Gasteiger partial charge on any atom is -0.488 e. The topological polar surface area (TPSA) is 41.9 Å². The predicted molar refractivity (Wildman–Crippen MR) is 172 cm³/mol. The van der Waals surface area contributed by atoms with Gasteiger partial charge >= 0.3 is 0 Å². The lowest BCUT2D eigenvalue weighted by Crippen LogP contribution is -2.28. The van der Waals surface area contributed by atoms with Crippen molar-refractivity contribution in [3.05, 3.63) is 126 Å². The standard InChI is InChI=1S/C31H22BrCl3N2O2S/c1-18-7-10-22(15-26(18)34)36-31-37(23-11-8-19(2)27(35)16-23)30(38)29(40-31)14-20-9-12-28(24(32)13-20)39-17-21-5-3-4-6-25(21)33/h3-16H,17H2,1-2H3/b29-14+,36-31?. The van der Waals surface area contributed by atoms with E-state index in [1.54, 1.807) is 17.0 Å². The number of amides is 1. The SMILES string of the molecule is Cc1ccc(N=C2S/C(=C/c3ccc(OCc4ccccc4Cl)c(Br)c3)C(=O)N2c2ccc(C)c(Cl)c2)cc1Cl. The molecule has 0 spiro atoms. The molecular weight excluding hydrogens is 651 g/mol. The molecule has 0 aromatic heterocycles. The molecule has 1 saturated heterocycles. The fraction of sp³-hybridized carbons (Fsp3) is 0.0968. The minimum atomic E-state index is -0.197. The Bertz CT molecular complexity index is 1690. The summed E-state index contributed by atoms with van der Waals surface area (Å²) in [6, 6.07) is 24.3. The van der Waals surface area contributed by atoms with E-state index in [4.69, 9.17) is 44.5 Å². The maximum atomic E-state index is 13.7. The lowest BCUT2D eigenvalue weighted by molar-refractivity contribution is -0.113. The summed E-state index contributed by atoms with van der Waals surface area (Å²) in [6.45, 7) is 4.19. The van der Waals surface area contributed by atoms with Gasteiger partial charge in [0.05, 0.1) is 20.8 Å². The molecule has 1 amide bonds. The van der Waals surface area contributed by atoms with Crippen LogP contribution in [-0.4, -0.2) is 11.1 Å². The molecule has 0 bridgehead atoms. The average Bonchev–Trinajstić information content (AvgIpc) is 3.22. The number of anilines is 1. The van der Waals surface area contributed by atoms with Crippen LogP contribution in [0.25, 0.3) is 6.08 Å². The van der Waals surface area contributed by atoms with Gasteiger partial charge in [0.25, 0.3) is 5.91 Å². The molecule has 0 radical (unpaired) electrons. The molecule has 4 aromatic carbocycles. The average molecular weight is 673 g/mol. The Kier molecular flexibility index (Phi) is 8.93. The van der Waals surface area contributed by atoms with Crippen molar-refractivity contribution in [2.75, 3.05) is 4.90 Å². The first-order valence-electron chi connectivity index (χ1n) is 12.2. The number of nitrogens with zero attached hydrogens (tertiary/aromatic N) is 2. The first kappa shape index (κ1) is 28.8. The van der Waals surface area contributed by atoms with Gasteiger partial charge in [0.2, 0.25) is 0 Å². The number of halogens is 4. The van der Waals surface area contributed by atoms with E-state index in [9.17, 15) is 4.79 Å². The molecule has 0 N–H and O–H groups in total. The highest BCUT2D eigenvalue weighted by atomic mass is 79.9. The number of carbonyl (C=O) groups excluding carboxylic acids is 1. The highest BCUT2D eigenvalue weighted by molar-refractivity contribution is 9.10. The zero-order valence-corrected chi connectivity index (χ0v) is 26.1. The molecular formula is C31H22BrCl3N2O2S. The third kappa shape index (κ3) is 6.42. The zero-order valence-electron chi connectivity index (χ0n) is 21.4. The summed E-state index contributed by atoms with van der Waals surface area (Å²) in [6.07, 6.45) is 1.84. The number of amidine groups is 1. The number of thioether (sulfide) groups is 1. The van der Waals surface area contributed by atoms with E-state index in [0.29, 0.717) is 48.9 Å². The van der Waals surface area contributed by atoms with Crippen LogP contribution < -0.4 is 9.64 Å². The van der Waals surface area contributed by atoms with Crippen LogP contribution in [0, 0.1) is 13.8 Å². The van der Waals surface area contributed by atoms with E-state index in [1.807, 2.05) is 86.7 Å². The molecule has 1 aliphatic heterocycles. The number of hydrogen-bond donors (Lipinski definition) is 0. The van der Waals surface area contributed by atoms with Crippen molar-refractivity contribution in [1.29, 1.82) is 0 Å². The van der Waals surface area contributed by atoms with Crippen LogP contribution >= 0.6 is 62.5 Å². The largest absolute Gasteiger partial charge is 0.488 e. The van der Waals surface area contributed by atoms with Gasteiger partial charge in [0, 0.05) is 20.6 Å². The second-order valence-corrected chi connectivity index (χ2v) is 12.2. The van der Waals surface area contributed by atoms with Crippen LogP contribution in [0.3, 0.4) is 0 Å². The molecule has 40 heavy (non-hydrogen) atoms. The van der Waals surface area contributed by atoms with Crippen LogP contribution in [0.5, 0.6) is 5.75 Å². The molecule has 0 atom stereocenters. The number of rotatable bonds is 6. The summed E-state index contributed by atoms with van der Waals surface area (Å²) in [5.74, 6) is 0.471. The maximum Gasteiger partial charge on any atom is 0.271 e. The van der Waals surface area contributed by atoms with Crippen LogP contribution in [0.1, 0.15) is 22.3 Å². The van der Waals surface area contributed by atoms with Crippen LogP contribution in [-0.2, 0) is 11.4 Å². The highest BCUT2D eigenvalue weighted by Crippen LogP contribution is 2.39. The van der Waals surface area contributed by atoms with Crippen molar-refractivity contribution in [3.8, 4) is 5.75 Å². The van der Waals surface area contributed by atoms with E-state index in [0.717, 1.165) is 26.7 Å². The number of benzene rings is 4. The molecule has 0 saturated carbocycles. The minimum absolute atomic E-state index is 0.197. The van der Waals surface area contributed by atoms with Gasteiger partial charge in [-0.25, -0.2) is 4.99 Å². The van der Waals surface area contributed by atoms with Gasteiger partial charge in [-0.2, -0.15) is 0 Å². The Morgan fingerprint density at radius 1 is 0.900 bits per heavy atom. The summed E-state index contributed by atoms with van der Waals surface area (Å²) in [7, 11) is 0. The Morgan fingerprint density at radius 3 is 2.33 bits per heavy atom. The second kappa shape index (κ2) is 12.4. The summed E-state index contributed by atoms with van der Waals surface area (Å²) >= 11 is 23.9. The molecule has 0 unspecified atom stereocenters. The first-order valence-corrected chi connectivity index (χ1v) is 14.9. The molecule has 4 aromatic rings. The summed E-state index contributed by atoms with van der Waals surface area (Å²) in [5, 5.41) is 2.34. The van der Waals surface area contributed by atoms with E-state index in [1.165, 1.54) is 11.8 Å². The fourth-order valence-corrected chi connectivity index (χ4v) is 5.96. The molecule has 0 aliphatic carbocycles. The first-order chi connectivity index (χ1) is 19.2. The molecule has 1 heterocycles. The van der Waals surface area contributed by atoms with Crippen molar-refractivity contribution in [3.63, 3.8) is 0 Å². The molecule has 1 aliphatic rings. The van der Waals surface area contributed by atoms with Crippen molar-refractivity contribution in [1.82, 2.24) is 0 Å². The highest BCUT2D eigenvalue weighted by Gasteiger charge is 2.35. The van der Waals surface area contributed by atoms with Crippen molar-refractivity contribution >= 4 is 91.0 Å². The predicted octanol–water partition coefficient (Wildman–Crippen LogP) is 10.4. The number of ether oxygens (including phenoxy) is 1. The van der Waals surface area contributed by atoms with Crippen molar-refractivity contribution in [2.45, 2.75) is 20.5 Å². The summed E-state index contributed by atoms with van der Waals surface area (Å²) in [5.41, 5.74) is 4.89. The Morgan fingerprint density at radius 2 is 1.62 bits per heavy atom. The van der Waals surface area contributed by atoms with Crippen molar-refractivity contribution < 1.29 is 9.53 Å². The quantitative estimate of drug-likeness (QED) is 0.192. The van der Waals surface area contributed by atoms with Gasteiger partial charge in [-0.1, -0.05) is 71.2 Å².